The largest absolute Gasteiger partial charge is 0.279 e. The number of nitrogens with zero attached hydrogens (tertiary/aromatic N) is 1. The number of benzene rings is 1. The van der Waals surface area contributed by atoms with E-state index in [2.05, 4.69) is 4.72 Å². The van der Waals surface area contributed by atoms with Gasteiger partial charge in [0.05, 0.1) is 0 Å². The molecule has 0 aromatic heterocycles. The lowest BCUT2D eigenvalue weighted by Crippen LogP contribution is -2.43. The van der Waals surface area contributed by atoms with Crippen LogP contribution in [0.1, 0.15) is 24.8 Å². The van der Waals surface area contributed by atoms with E-state index in [1.165, 1.54) is 16.4 Å². The molecule has 0 aliphatic carbocycles. The molecule has 1 saturated heterocycles. The minimum Gasteiger partial charge on any atom is -0.207 e. The maximum absolute atomic E-state index is 12.7. The number of hydrogen-bond donors (Lipinski definition) is 1. The Morgan fingerprint density at radius 1 is 1.11 bits per heavy atom. The van der Waals surface area contributed by atoms with Gasteiger partial charge in [-0.3, -0.25) is 0 Å². The summed E-state index contributed by atoms with van der Waals surface area (Å²) >= 11 is 0. The average molecular weight is 286 g/mol. The van der Waals surface area contributed by atoms with Gasteiger partial charge < -0.3 is 0 Å². The third-order valence-corrected chi connectivity index (χ3v) is 4.88. The molecule has 6 heteroatoms. The van der Waals surface area contributed by atoms with Crippen LogP contribution in [0.15, 0.2) is 24.3 Å². The van der Waals surface area contributed by atoms with E-state index in [1.807, 2.05) is 0 Å². The highest BCUT2D eigenvalue weighted by molar-refractivity contribution is 7.87. The lowest BCUT2D eigenvalue weighted by atomic mass is 10.1. The zero-order valence-electron chi connectivity index (χ0n) is 10.8. The van der Waals surface area contributed by atoms with Gasteiger partial charge in [-0.2, -0.15) is 12.7 Å². The molecule has 1 aliphatic rings. The smallest absolute Gasteiger partial charge is 0.207 e. The summed E-state index contributed by atoms with van der Waals surface area (Å²) in [5, 5.41) is 0. The molecule has 106 valence electrons. The standard InChI is InChI=1S/C13H19FN2O2S/c14-13-6-4-12(5-7-13)8-9-15-19(17,18)16-10-2-1-3-11-16/h4-7,15H,1-3,8-11H2. The van der Waals surface area contributed by atoms with E-state index in [9.17, 15) is 12.8 Å². The van der Waals surface area contributed by atoms with Gasteiger partial charge in [0.2, 0.25) is 0 Å². The number of nitrogens with one attached hydrogen (secondary N) is 1. The predicted molar refractivity (Wildman–Crippen MR) is 72.5 cm³/mol. The second kappa shape index (κ2) is 6.45. The Morgan fingerprint density at radius 2 is 1.74 bits per heavy atom. The molecule has 0 amide bonds. The van der Waals surface area contributed by atoms with Crippen LogP contribution in [0.3, 0.4) is 0 Å². The van der Waals surface area contributed by atoms with Crippen LogP contribution in [0.4, 0.5) is 4.39 Å². The van der Waals surface area contributed by atoms with E-state index < -0.39 is 10.2 Å². The molecule has 0 atom stereocenters. The van der Waals surface area contributed by atoms with Gasteiger partial charge in [-0.05, 0) is 37.0 Å². The molecule has 0 unspecified atom stereocenters. The Morgan fingerprint density at radius 3 is 2.37 bits per heavy atom. The summed E-state index contributed by atoms with van der Waals surface area (Å²) in [6.45, 7) is 1.54. The summed E-state index contributed by atoms with van der Waals surface area (Å²) in [5.74, 6) is -0.280. The molecule has 0 spiro atoms. The normalized spacial score (nSPS) is 17.5. The maximum atomic E-state index is 12.7. The first kappa shape index (κ1) is 14.4. The van der Waals surface area contributed by atoms with Gasteiger partial charge >= 0.3 is 0 Å². The summed E-state index contributed by atoms with van der Waals surface area (Å²) in [6.07, 6.45) is 3.52. The molecular weight excluding hydrogens is 267 g/mol. The van der Waals surface area contributed by atoms with Gasteiger partial charge in [0, 0.05) is 19.6 Å². The number of hydrogen-bond acceptors (Lipinski definition) is 2. The van der Waals surface area contributed by atoms with Gasteiger partial charge in [-0.1, -0.05) is 18.6 Å². The van der Waals surface area contributed by atoms with Crippen molar-refractivity contribution >= 4 is 10.2 Å². The Labute approximate surface area is 113 Å². The molecule has 1 N–H and O–H groups in total. The second-order valence-electron chi connectivity index (χ2n) is 4.74. The Hall–Kier alpha value is -0.980. The third-order valence-electron chi connectivity index (χ3n) is 3.27. The van der Waals surface area contributed by atoms with Gasteiger partial charge in [0.25, 0.3) is 10.2 Å². The van der Waals surface area contributed by atoms with Gasteiger partial charge in [0.1, 0.15) is 5.82 Å². The lowest BCUT2D eigenvalue weighted by molar-refractivity contribution is 0.342. The number of piperidine rings is 1. The highest BCUT2D eigenvalue weighted by atomic mass is 32.2. The van der Waals surface area contributed by atoms with Crippen molar-refractivity contribution in [2.45, 2.75) is 25.7 Å². The van der Waals surface area contributed by atoms with Gasteiger partial charge in [-0.25, -0.2) is 9.11 Å². The third kappa shape index (κ3) is 4.26. The molecule has 1 aromatic carbocycles. The fraction of sp³-hybridized carbons (Fsp3) is 0.538. The molecule has 0 saturated carbocycles. The fourth-order valence-corrected chi connectivity index (χ4v) is 3.45. The summed E-state index contributed by atoms with van der Waals surface area (Å²) < 4.78 is 40.8. The second-order valence-corrected chi connectivity index (χ2v) is 6.49. The lowest BCUT2D eigenvalue weighted by Gasteiger charge is -2.25. The summed E-state index contributed by atoms with van der Waals surface area (Å²) in [4.78, 5) is 0. The van der Waals surface area contributed by atoms with Crippen molar-refractivity contribution in [2.75, 3.05) is 19.6 Å². The summed E-state index contributed by atoms with van der Waals surface area (Å²) in [7, 11) is -3.35. The molecule has 19 heavy (non-hydrogen) atoms. The van der Waals surface area contributed by atoms with E-state index in [0.29, 0.717) is 26.1 Å². The first-order valence-corrected chi connectivity index (χ1v) is 8.01. The van der Waals surface area contributed by atoms with Crippen molar-refractivity contribution in [3.8, 4) is 0 Å². The fourth-order valence-electron chi connectivity index (χ4n) is 2.17. The first-order valence-electron chi connectivity index (χ1n) is 6.57. The van der Waals surface area contributed by atoms with Crippen molar-refractivity contribution in [3.05, 3.63) is 35.6 Å². The van der Waals surface area contributed by atoms with Crippen LogP contribution in [-0.4, -0.2) is 32.4 Å². The van der Waals surface area contributed by atoms with E-state index in [-0.39, 0.29) is 5.82 Å². The molecule has 0 radical (unpaired) electrons. The quantitative estimate of drug-likeness (QED) is 0.895. The zero-order chi connectivity index (χ0) is 13.7. The van der Waals surface area contributed by atoms with Crippen molar-refractivity contribution < 1.29 is 12.8 Å². The maximum Gasteiger partial charge on any atom is 0.279 e. The van der Waals surface area contributed by atoms with Crippen LogP contribution in [0, 0.1) is 5.82 Å². The average Bonchev–Trinajstić information content (AvgIpc) is 2.42. The minimum absolute atomic E-state index is 0.280. The van der Waals surface area contributed by atoms with Crippen molar-refractivity contribution in [1.29, 1.82) is 0 Å². The highest BCUT2D eigenvalue weighted by Gasteiger charge is 2.22. The molecule has 1 fully saturated rings. The summed E-state index contributed by atoms with van der Waals surface area (Å²) in [5.41, 5.74) is 0.919. The van der Waals surface area contributed by atoms with Crippen LogP contribution >= 0.6 is 0 Å². The monoisotopic (exact) mass is 286 g/mol. The molecule has 4 nitrogen and oxygen atoms in total. The Balaban J connectivity index is 1.82. The zero-order valence-corrected chi connectivity index (χ0v) is 11.6. The van der Waals surface area contributed by atoms with E-state index in [4.69, 9.17) is 0 Å². The molecule has 1 heterocycles. The van der Waals surface area contributed by atoms with Crippen LogP contribution in [-0.2, 0) is 16.6 Å². The highest BCUT2D eigenvalue weighted by Crippen LogP contribution is 2.11. The molecule has 2 rings (SSSR count). The minimum atomic E-state index is -3.35. The van der Waals surface area contributed by atoms with Crippen molar-refractivity contribution in [3.63, 3.8) is 0 Å². The molecular formula is C13H19FN2O2S. The topological polar surface area (TPSA) is 49.4 Å². The Kier molecular flexibility index (Phi) is 4.90. The predicted octanol–water partition coefficient (Wildman–Crippen LogP) is 1.69. The molecule has 1 aromatic rings. The van der Waals surface area contributed by atoms with E-state index >= 15 is 0 Å². The number of rotatable bonds is 5. The molecule has 0 bridgehead atoms. The molecule has 1 aliphatic heterocycles. The van der Waals surface area contributed by atoms with Crippen LogP contribution in [0.2, 0.25) is 0 Å². The van der Waals surface area contributed by atoms with Crippen molar-refractivity contribution in [2.24, 2.45) is 0 Å². The van der Waals surface area contributed by atoms with Crippen LogP contribution < -0.4 is 4.72 Å². The van der Waals surface area contributed by atoms with Gasteiger partial charge in [-0.15, -0.1) is 0 Å². The van der Waals surface area contributed by atoms with E-state index in [0.717, 1.165) is 24.8 Å². The Bertz CT molecular complexity index is 496. The van der Waals surface area contributed by atoms with E-state index in [1.54, 1.807) is 12.1 Å². The SMILES string of the molecule is O=S(=O)(NCCc1ccc(F)cc1)N1CCCCC1. The number of halogens is 1. The van der Waals surface area contributed by atoms with Crippen molar-refractivity contribution in [1.82, 2.24) is 9.03 Å². The van der Waals surface area contributed by atoms with Gasteiger partial charge in [0.15, 0.2) is 0 Å². The first-order chi connectivity index (χ1) is 9.08. The van der Waals surface area contributed by atoms with Crippen LogP contribution in [0.25, 0.3) is 0 Å². The van der Waals surface area contributed by atoms with Crippen LogP contribution in [0.5, 0.6) is 0 Å². The summed E-state index contributed by atoms with van der Waals surface area (Å²) in [6, 6.07) is 6.11.